The highest BCUT2D eigenvalue weighted by molar-refractivity contribution is 5.14. The van der Waals surface area contributed by atoms with Gasteiger partial charge in [-0.1, -0.05) is 43.7 Å². The first-order valence-corrected chi connectivity index (χ1v) is 6.56. The summed E-state index contributed by atoms with van der Waals surface area (Å²) in [5.41, 5.74) is 1.36. The Labute approximate surface area is 105 Å². The van der Waals surface area contributed by atoms with Gasteiger partial charge in [0.1, 0.15) is 6.23 Å². The van der Waals surface area contributed by atoms with E-state index < -0.39 is 0 Å². The molecule has 1 aliphatic heterocycles. The fourth-order valence-electron chi connectivity index (χ4n) is 2.54. The molecule has 1 atom stereocenters. The van der Waals surface area contributed by atoms with Crippen LogP contribution in [0.25, 0.3) is 0 Å². The van der Waals surface area contributed by atoms with Gasteiger partial charge < -0.3 is 4.74 Å². The van der Waals surface area contributed by atoms with Crippen molar-refractivity contribution in [3.8, 4) is 0 Å². The molecule has 0 bridgehead atoms. The minimum Gasteiger partial charge on any atom is -0.356 e. The largest absolute Gasteiger partial charge is 0.356 e. The molecular formula is C15H23NO. The van der Waals surface area contributed by atoms with Crippen LogP contribution in [0, 0.1) is 0 Å². The van der Waals surface area contributed by atoms with E-state index in [9.17, 15) is 0 Å². The fraction of sp³-hybridized carbons (Fsp3) is 0.600. The van der Waals surface area contributed by atoms with Gasteiger partial charge in [0.15, 0.2) is 0 Å². The maximum Gasteiger partial charge on any atom is 0.111 e. The Morgan fingerprint density at radius 2 is 2.00 bits per heavy atom. The molecule has 17 heavy (non-hydrogen) atoms. The van der Waals surface area contributed by atoms with Crippen LogP contribution < -0.4 is 0 Å². The van der Waals surface area contributed by atoms with E-state index in [2.05, 4.69) is 56.0 Å². The normalized spacial score (nSPS) is 24.1. The second kappa shape index (κ2) is 5.19. The van der Waals surface area contributed by atoms with Crippen molar-refractivity contribution in [2.24, 2.45) is 0 Å². The molecule has 0 spiro atoms. The molecule has 0 aliphatic carbocycles. The predicted molar refractivity (Wildman–Crippen MR) is 70.7 cm³/mol. The van der Waals surface area contributed by atoms with Gasteiger partial charge in [0, 0.05) is 13.1 Å². The monoisotopic (exact) mass is 233 g/mol. The quantitative estimate of drug-likeness (QED) is 0.790. The third kappa shape index (κ3) is 3.30. The summed E-state index contributed by atoms with van der Waals surface area (Å²) in [7, 11) is 0. The third-order valence-electron chi connectivity index (χ3n) is 3.21. The van der Waals surface area contributed by atoms with Crippen molar-refractivity contribution in [3.05, 3.63) is 35.9 Å². The first-order chi connectivity index (χ1) is 8.11. The molecule has 1 aromatic carbocycles. The summed E-state index contributed by atoms with van der Waals surface area (Å²) in [6, 6.07) is 10.7. The topological polar surface area (TPSA) is 12.5 Å². The molecule has 0 N–H and O–H groups in total. The first-order valence-electron chi connectivity index (χ1n) is 6.56. The van der Waals surface area contributed by atoms with E-state index >= 15 is 0 Å². The molecular weight excluding hydrogens is 210 g/mol. The van der Waals surface area contributed by atoms with Crippen molar-refractivity contribution in [1.82, 2.24) is 4.90 Å². The lowest BCUT2D eigenvalue weighted by molar-refractivity contribution is -0.0445. The predicted octanol–water partition coefficient (Wildman–Crippen LogP) is 3.42. The van der Waals surface area contributed by atoms with Crippen LogP contribution in [-0.4, -0.2) is 23.3 Å². The Hall–Kier alpha value is -0.860. The van der Waals surface area contributed by atoms with Gasteiger partial charge in [0.2, 0.25) is 0 Å². The van der Waals surface area contributed by atoms with E-state index in [4.69, 9.17) is 4.74 Å². The van der Waals surface area contributed by atoms with Gasteiger partial charge in [0.05, 0.1) is 5.60 Å². The Kier molecular flexibility index (Phi) is 3.85. The fourth-order valence-corrected chi connectivity index (χ4v) is 2.54. The molecule has 1 aromatic rings. The molecule has 94 valence electrons. The summed E-state index contributed by atoms with van der Waals surface area (Å²) in [6.07, 6.45) is 2.58. The number of rotatable bonds is 4. The molecule has 1 fully saturated rings. The van der Waals surface area contributed by atoms with Crippen LogP contribution in [0.3, 0.4) is 0 Å². The summed E-state index contributed by atoms with van der Waals surface area (Å²) >= 11 is 0. The smallest absolute Gasteiger partial charge is 0.111 e. The van der Waals surface area contributed by atoms with Gasteiger partial charge in [-0.25, -0.2) is 0 Å². The SMILES string of the molecule is CCCC1OC(C)(C)CN1Cc1ccccc1. The van der Waals surface area contributed by atoms with Gasteiger partial charge in [-0.05, 0) is 25.8 Å². The maximum atomic E-state index is 6.10. The van der Waals surface area contributed by atoms with E-state index in [1.54, 1.807) is 0 Å². The highest BCUT2D eigenvalue weighted by atomic mass is 16.5. The van der Waals surface area contributed by atoms with Crippen molar-refractivity contribution in [2.45, 2.75) is 52.0 Å². The molecule has 2 rings (SSSR count). The molecule has 1 aliphatic rings. The van der Waals surface area contributed by atoms with Crippen LogP contribution in [-0.2, 0) is 11.3 Å². The molecule has 0 amide bonds. The number of ether oxygens (including phenoxy) is 1. The lowest BCUT2D eigenvalue weighted by Gasteiger charge is -2.22. The molecule has 1 unspecified atom stereocenters. The van der Waals surface area contributed by atoms with Crippen molar-refractivity contribution in [3.63, 3.8) is 0 Å². The van der Waals surface area contributed by atoms with Gasteiger partial charge in [-0.3, -0.25) is 4.90 Å². The summed E-state index contributed by atoms with van der Waals surface area (Å²) < 4.78 is 6.10. The average Bonchev–Trinajstić information content (AvgIpc) is 2.55. The molecule has 2 nitrogen and oxygen atoms in total. The Morgan fingerprint density at radius 3 is 2.65 bits per heavy atom. The Morgan fingerprint density at radius 1 is 1.29 bits per heavy atom. The first kappa shape index (κ1) is 12.6. The standard InChI is InChI=1S/C15H23NO/c1-4-8-14-16(12-15(2,3)17-14)11-13-9-6-5-7-10-13/h5-7,9-10,14H,4,8,11-12H2,1-3H3. The zero-order chi connectivity index (χ0) is 12.3. The average molecular weight is 233 g/mol. The summed E-state index contributed by atoms with van der Waals surface area (Å²) in [6.45, 7) is 8.60. The summed E-state index contributed by atoms with van der Waals surface area (Å²) in [4.78, 5) is 2.46. The molecule has 2 heteroatoms. The van der Waals surface area contributed by atoms with E-state index in [0.29, 0.717) is 0 Å². The number of hydrogen-bond donors (Lipinski definition) is 0. The van der Waals surface area contributed by atoms with Crippen LogP contribution in [0.5, 0.6) is 0 Å². The lowest BCUT2D eigenvalue weighted by atomic mass is 10.1. The lowest BCUT2D eigenvalue weighted by Crippen LogP contribution is -2.30. The van der Waals surface area contributed by atoms with Crippen LogP contribution in [0.4, 0.5) is 0 Å². The Bertz CT molecular complexity index is 347. The molecule has 1 saturated heterocycles. The summed E-state index contributed by atoms with van der Waals surface area (Å²) in [5.74, 6) is 0. The number of hydrogen-bond acceptors (Lipinski definition) is 2. The van der Waals surface area contributed by atoms with Gasteiger partial charge in [-0.15, -0.1) is 0 Å². The number of benzene rings is 1. The minimum absolute atomic E-state index is 0.00534. The molecule has 1 heterocycles. The van der Waals surface area contributed by atoms with Crippen LogP contribution >= 0.6 is 0 Å². The highest BCUT2D eigenvalue weighted by Gasteiger charge is 2.37. The van der Waals surface area contributed by atoms with E-state index in [-0.39, 0.29) is 11.8 Å². The van der Waals surface area contributed by atoms with Crippen molar-refractivity contribution < 1.29 is 4.74 Å². The van der Waals surface area contributed by atoms with Crippen molar-refractivity contribution in [1.29, 1.82) is 0 Å². The van der Waals surface area contributed by atoms with Gasteiger partial charge in [0.25, 0.3) is 0 Å². The van der Waals surface area contributed by atoms with Crippen LogP contribution in [0.2, 0.25) is 0 Å². The highest BCUT2D eigenvalue weighted by Crippen LogP contribution is 2.29. The van der Waals surface area contributed by atoms with Crippen LogP contribution in [0.1, 0.15) is 39.2 Å². The maximum absolute atomic E-state index is 6.10. The van der Waals surface area contributed by atoms with Crippen molar-refractivity contribution >= 4 is 0 Å². The van der Waals surface area contributed by atoms with E-state index in [1.165, 1.54) is 12.0 Å². The minimum atomic E-state index is -0.00534. The van der Waals surface area contributed by atoms with Crippen molar-refractivity contribution in [2.75, 3.05) is 6.54 Å². The van der Waals surface area contributed by atoms with Gasteiger partial charge >= 0.3 is 0 Å². The number of nitrogens with zero attached hydrogens (tertiary/aromatic N) is 1. The third-order valence-corrected chi connectivity index (χ3v) is 3.21. The zero-order valence-electron chi connectivity index (χ0n) is 11.1. The second-order valence-electron chi connectivity index (χ2n) is 5.51. The Balaban J connectivity index is 2.03. The van der Waals surface area contributed by atoms with E-state index in [1.807, 2.05) is 0 Å². The van der Waals surface area contributed by atoms with Crippen LogP contribution in [0.15, 0.2) is 30.3 Å². The summed E-state index contributed by atoms with van der Waals surface area (Å²) in [5, 5.41) is 0. The molecule has 0 radical (unpaired) electrons. The van der Waals surface area contributed by atoms with Gasteiger partial charge in [-0.2, -0.15) is 0 Å². The zero-order valence-corrected chi connectivity index (χ0v) is 11.1. The van der Waals surface area contributed by atoms with E-state index in [0.717, 1.165) is 19.5 Å². The second-order valence-corrected chi connectivity index (χ2v) is 5.51. The molecule has 0 saturated carbocycles. The molecule has 0 aromatic heterocycles.